The lowest BCUT2D eigenvalue weighted by atomic mass is 9.70. The molecule has 7 nitrogen and oxygen atoms in total. The molecule has 0 radical (unpaired) electrons. The molecular formula is C26H36BrN3O4S. The van der Waals surface area contributed by atoms with Crippen LogP contribution in [-0.2, 0) is 14.4 Å². The molecular weight excluding hydrogens is 530 g/mol. The number of amides is 3. The van der Waals surface area contributed by atoms with E-state index in [4.69, 9.17) is 5.11 Å². The van der Waals surface area contributed by atoms with Gasteiger partial charge in [-0.3, -0.25) is 14.4 Å². The predicted molar refractivity (Wildman–Crippen MR) is 142 cm³/mol. The van der Waals surface area contributed by atoms with Gasteiger partial charge in [-0.25, -0.2) is 0 Å². The summed E-state index contributed by atoms with van der Waals surface area (Å²) in [6.07, 6.45) is 4.69. The first-order valence-corrected chi connectivity index (χ1v) is 14.5. The van der Waals surface area contributed by atoms with Crippen LogP contribution in [0.3, 0.4) is 0 Å². The highest BCUT2D eigenvalue weighted by molar-refractivity contribution is 9.09. The Bertz CT molecular complexity index is 934. The van der Waals surface area contributed by atoms with Crippen LogP contribution in [0.25, 0.3) is 0 Å². The largest absolute Gasteiger partial charge is 0.396 e. The Balaban J connectivity index is 1.63. The molecule has 0 saturated carbocycles. The maximum atomic E-state index is 13.9. The van der Waals surface area contributed by atoms with E-state index < -0.39 is 22.6 Å². The molecule has 3 heterocycles. The Morgan fingerprint density at radius 2 is 1.97 bits per heavy atom. The lowest BCUT2D eigenvalue weighted by molar-refractivity contribution is -0.139. The van der Waals surface area contributed by atoms with E-state index in [2.05, 4.69) is 33.5 Å². The van der Waals surface area contributed by atoms with Crippen molar-refractivity contribution in [3.05, 3.63) is 30.3 Å². The van der Waals surface area contributed by atoms with Gasteiger partial charge >= 0.3 is 0 Å². The molecule has 35 heavy (non-hydrogen) atoms. The SMILES string of the molecule is CCCC(C)NC(=O)C1N(CCCCCO)C(=O)[C@@H]2[C@H](C(=O)Nc3ccccc3)[C@H]3SC12CC3Br. The standard InChI is InChI=1S/C26H36BrN3O4S/c1-3-10-16(2)28-24(33)22-26-15-18(27)21(35-26)19(23(32)29-17-11-6-4-7-12-17)20(26)25(34)30(22)13-8-5-9-14-31/h4,6-7,11-12,16,18-22,31H,3,5,8-10,13-15H2,1-2H3,(H,28,33)(H,29,32)/t16?,18?,19-,20-,21-,22?,26?/m0/s1. The number of carbonyl (C=O) groups is 3. The number of fused-ring (bicyclic) bond motifs is 1. The molecule has 4 rings (SSSR count). The van der Waals surface area contributed by atoms with Crippen LogP contribution in [-0.4, -0.2) is 67.8 Å². The molecule has 1 spiro atoms. The molecule has 1 aromatic rings. The number of rotatable bonds is 11. The Hall–Kier alpha value is -1.58. The van der Waals surface area contributed by atoms with E-state index in [0.717, 1.165) is 25.7 Å². The van der Waals surface area contributed by atoms with Crippen molar-refractivity contribution in [1.29, 1.82) is 0 Å². The van der Waals surface area contributed by atoms with Crippen molar-refractivity contribution < 1.29 is 19.5 Å². The highest BCUT2D eigenvalue weighted by Crippen LogP contribution is 2.67. The van der Waals surface area contributed by atoms with Crippen molar-refractivity contribution in [2.24, 2.45) is 11.8 Å². The molecule has 1 aromatic carbocycles. The Morgan fingerprint density at radius 3 is 2.66 bits per heavy atom. The number of aliphatic hydroxyl groups is 1. The number of anilines is 1. The van der Waals surface area contributed by atoms with Gasteiger partial charge in [0.05, 0.1) is 16.6 Å². The molecule has 3 amide bonds. The van der Waals surface area contributed by atoms with Gasteiger partial charge < -0.3 is 20.6 Å². The summed E-state index contributed by atoms with van der Waals surface area (Å²) < 4.78 is -0.623. The third-order valence-electron chi connectivity index (χ3n) is 7.55. The second kappa shape index (κ2) is 11.2. The minimum Gasteiger partial charge on any atom is -0.396 e. The van der Waals surface area contributed by atoms with Crippen LogP contribution in [0.1, 0.15) is 52.4 Å². The van der Waals surface area contributed by atoms with E-state index in [1.54, 1.807) is 16.7 Å². The molecule has 2 bridgehead atoms. The average molecular weight is 567 g/mol. The molecule has 3 aliphatic rings. The number of halogens is 1. The Morgan fingerprint density at radius 1 is 1.23 bits per heavy atom. The number of likely N-dealkylation sites (tertiary alicyclic amines) is 1. The van der Waals surface area contributed by atoms with Gasteiger partial charge in [0.25, 0.3) is 0 Å². The van der Waals surface area contributed by atoms with Crippen molar-refractivity contribution >= 4 is 51.1 Å². The molecule has 3 N–H and O–H groups in total. The van der Waals surface area contributed by atoms with E-state index in [9.17, 15) is 14.4 Å². The van der Waals surface area contributed by atoms with Crippen LogP contribution in [0.2, 0.25) is 0 Å². The zero-order chi connectivity index (χ0) is 25.2. The van der Waals surface area contributed by atoms with Crippen LogP contribution in [0.4, 0.5) is 5.69 Å². The average Bonchev–Trinajstić information content (AvgIpc) is 3.41. The van der Waals surface area contributed by atoms with Crippen molar-refractivity contribution in [3.8, 4) is 0 Å². The molecule has 3 fully saturated rings. The molecule has 0 aliphatic carbocycles. The molecule has 0 aromatic heterocycles. The second-order valence-electron chi connectivity index (χ2n) is 10.0. The fourth-order valence-corrected chi connectivity index (χ4v) is 9.73. The van der Waals surface area contributed by atoms with E-state index in [1.807, 2.05) is 37.3 Å². The Kier molecular flexibility index (Phi) is 8.49. The lowest BCUT2D eigenvalue weighted by Crippen LogP contribution is -2.55. The van der Waals surface area contributed by atoms with Gasteiger partial charge in [0, 0.05) is 35.0 Å². The predicted octanol–water partition coefficient (Wildman–Crippen LogP) is 3.56. The topological polar surface area (TPSA) is 98.7 Å². The highest BCUT2D eigenvalue weighted by atomic mass is 79.9. The van der Waals surface area contributed by atoms with E-state index >= 15 is 0 Å². The first-order chi connectivity index (χ1) is 16.8. The minimum absolute atomic E-state index is 0.0230. The number of benzene rings is 1. The third-order valence-corrected chi connectivity index (χ3v) is 10.8. The number of thioether (sulfide) groups is 1. The molecule has 9 heteroatoms. The smallest absolute Gasteiger partial charge is 0.244 e. The second-order valence-corrected chi connectivity index (χ2v) is 12.7. The molecule has 192 valence electrons. The van der Waals surface area contributed by atoms with Crippen molar-refractivity contribution in [3.63, 3.8) is 0 Å². The number of hydrogen-bond acceptors (Lipinski definition) is 5. The lowest BCUT2D eigenvalue weighted by Gasteiger charge is -2.36. The first-order valence-electron chi connectivity index (χ1n) is 12.7. The summed E-state index contributed by atoms with van der Waals surface area (Å²) in [5.41, 5.74) is 0.708. The van der Waals surface area contributed by atoms with E-state index in [-0.39, 0.29) is 40.4 Å². The molecule has 4 unspecified atom stereocenters. The van der Waals surface area contributed by atoms with Crippen LogP contribution >= 0.6 is 27.7 Å². The van der Waals surface area contributed by atoms with E-state index in [1.165, 1.54) is 0 Å². The number of carbonyl (C=O) groups excluding carboxylic acids is 3. The van der Waals surface area contributed by atoms with Gasteiger partial charge in [-0.2, -0.15) is 0 Å². The minimum atomic E-state index is -0.623. The van der Waals surface area contributed by atoms with Gasteiger partial charge in [-0.15, -0.1) is 11.8 Å². The summed E-state index contributed by atoms with van der Waals surface area (Å²) in [6.45, 7) is 4.66. The normalized spacial score (nSPS) is 31.9. The molecule has 3 saturated heterocycles. The monoisotopic (exact) mass is 565 g/mol. The quantitative estimate of drug-likeness (QED) is 0.281. The van der Waals surface area contributed by atoms with Crippen molar-refractivity contribution in [2.45, 2.75) is 79.3 Å². The number of aliphatic hydroxyl groups excluding tert-OH is 1. The fraction of sp³-hybridized carbons (Fsp3) is 0.654. The maximum absolute atomic E-state index is 13.9. The van der Waals surface area contributed by atoms with E-state index in [0.29, 0.717) is 25.1 Å². The zero-order valence-corrected chi connectivity index (χ0v) is 22.8. The summed E-state index contributed by atoms with van der Waals surface area (Å²) in [7, 11) is 0. The number of nitrogens with zero attached hydrogens (tertiary/aromatic N) is 1. The van der Waals surface area contributed by atoms with Crippen LogP contribution in [0.5, 0.6) is 0 Å². The fourth-order valence-electron chi connectivity index (χ4n) is 6.11. The van der Waals surface area contributed by atoms with Crippen molar-refractivity contribution in [1.82, 2.24) is 10.2 Å². The zero-order valence-electron chi connectivity index (χ0n) is 20.4. The summed E-state index contributed by atoms with van der Waals surface area (Å²) in [6, 6.07) is 8.74. The van der Waals surface area contributed by atoms with Gasteiger partial charge in [0.1, 0.15) is 6.04 Å². The van der Waals surface area contributed by atoms with Crippen LogP contribution < -0.4 is 10.6 Å². The van der Waals surface area contributed by atoms with Crippen LogP contribution in [0.15, 0.2) is 30.3 Å². The number of unbranched alkanes of at least 4 members (excludes halogenated alkanes) is 2. The summed E-state index contributed by atoms with van der Waals surface area (Å²) in [5, 5.41) is 15.3. The van der Waals surface area contributed by atoms with Gasteiger partial charge in [-0.05, 0) is 51.2 Å². The summed E-state index contributed by atoms with van der Waals surface area (Å²) in [4.78, 5) is 43.0. The molecule has 3 aliphatic heterocycles. The number of alkyl halides is 1. The Labute approximate surface area is 220 Å². The van der Waals surface area contributed by atoms with Gasteiger partial charge in [0.2, 0.25) is 17.7 Å². The maximum Gasteiger partial charge on any atom is 0.244 e. The summed E-state index contributed by atoms with van der Waals surface area (Å²) >= 11 is 5.46. The van der Waals surface area contributed by atoms with Crippen LogP contribution in [0, 0.1) is 11.8 Å². The number of nitrogens with one attached hydrogen (secondary N) is 2. The number of para-hydroxylation sites is 1. The number of hydrogen-bond donors (Lipinski definition) is 3. The first kappa shape index (κ1) is 26.5. The van der Waals surface area contributed by atoms with Gasteiger partial charge in [-0.1, -0.05) is 47.5 Å². The van der Waals surface area contributed by atoms with Crippen molar-refractivity contribution in [2.75, 3.05) is 18.5 Å². The highest BCUT2D eigenvalue weighted by Gasteiger charge is 2.75. The third kappa shape index (κ3) is 5.01. The molecule has 7 atom stereocenters. The van der Waals surface area contributed by atoms with Gasteiger partial charge in [0.15, 0.2) is 0 Å². The summed E-state index contributed by atoms with van der Waals surface area (Å²) in [5.74, 6) is -1.37.